The molecule has 1 aromatic heterocycles. The van der Waals surface area contributed by atoms with Crippen LogP contribution in [-0.2, 0) is 13.1 Å². The number of hydrogen-bond donors (Lipinski definition) is 2. The van der Waals surface area contributed by atoms with Crippen LogP contribution in [0.1, 0.15) is 28.8 Å². The number of nitrogens with one attached hydrogen (secondary N) is 1. The third-order valence-corrected chi connectivity index (χ3v) is 3.11. The van der Waals surface area contributed by atoms with Crippen molar-refractivity contribution in [3.8, 4) is 0 Å². The molecule has 0 fully saturated rings. The van der Waals surface area contributed by atoms with E-state index in [2.05, 4.69) is 10.3 Å². The van der Waals surface area contributed by atoms with Gasteiger partial charge in [0.25, 0.3) is 5.91 Å². The van der Waals surface area contributed by atoms with Crippen LogP contribution in [0, 0.1) is 0 Å². The van der Waals surface area contributed by atoms with E-state index in [-0.39, 0.29) is 5.91 Å². The summed E-state index contributed by atoms with van der Waals surface area (Å²) in [7, 11) is 0. The Bertz CT molecular complexity index is 537. The highest BCUT2D eigenvalue weighted by atomic mass is 16.1. The first kappa shape index (κ1) is 14.3. The van der Waals surface area contributed by atoms with Crippen LogP contribution >= 0.6 is 0 Å². The first-order chi connectivity index (χ1) is 9.79. The number of aromatic nitrogens is 2. The number of benzene rings is 1. The van der Waals surface area contributed by atoms with Crippen molar-refractivity contribution in [1.29, 1.82) is 0 Å². The second-order valence-electron chi connectivity index (χ2n) is 4.67. The van der Waals surface area contributed by atoms with Crippen LogP contribution < -0.4 is 11.1 Å². The second kappa shape index (κ2) is 7.45. The normalized spacial score (nSPS) is 10.4. The lowest BCUT2D eigenvalue weighted by Crippen LogP contribution is -2.24. The number of aryl methyl sites for hydroxylation is 1. The Balaban J connectivity index is 1.69. The molecule has 106 valence electrons. The maximum Gasteiger partial charge on any atom is 0.251 e. The molecule has 0 spiro atoms. The summed E-state index contributed by atoms with van der Waals surface area (Å²) in [6.07, 6.45) is 7.47. The van der Waals surface area contributed by atoms with Crippen LogP contribution in [0.25, 0.3) is 0 Å². The predicted octanol–water partition coefficient (Wildman–Crippen LogP) is 1.55. The maximum absolute atomic E-state index is 11.9. The largest absolute Gasteiger partial charge is 0.352 e. The topological polar surface area (TPSA) is 72.9 Å². The highest BCUT2D eigenvalue weighted by Gasteiger charge is 2.04. The van der Waals surface area contributed by atoms with Crippen molar-refractivity contribution in [3.05, 3.63) is 54.1 Å². The van der Waals surface area contributed by atoms with E-state index < -0.39 is 0 Å². The number of amides is 1. The van der Waals surface area contributed by atoms with E-state index in [0.29, 0.717) is 18.7 Å². The van der Waals surface area contributed by atoms with Crippen LogP contribution in [-0.4, -0.2) is 22.0 Å². The molecule has 20 heavy (non-hydrogen) atoms. The zero-order valence-electron chi connectivity index (χ0n) is 11.5. The van der Waals surface area contributed by atoms with Gasteiger partial charge in [-0.1, -0.05) is 12.1 Å². The molecule has 0 unspecified atom stereocenters. The number of nitrogens with two attached hydrogens (primary N) is 1. The van der Waals surface area contributed by atoms with Crippen LogP contribution in [0.5, 0.6) is 0 Å². The van der Waals surface area contributed by atoms with Crippen molar-refractivity contribution in [1.82, 2.24) is 14.9 Å². The summed E-state index contributed by atoms with van der Waals surface area (Å²) in [5.41, 5.74) is 7.20. The summed E-state index contributed by atoms with van der Waals surface area (Å²) in [5.74, 6) is -0.0390. The van der Waals surface area contributed by atoms with E-state index in [1.807, 2.05) is 29.0 Å². The third kappa shape index (κ3) is 4.20. The number of imidazole rings is 1. The number of rotatable bonds is 7. The van der Waals surface area contributed by atoms with Gasteiger partial charge in [-0.2, -0.15) is 0 Å². The van der Waals surface area contributed by atoms with Crippen LogP contribution in [0.2, 0.25) is 0 Å². The van der Waals surface area contributed by atoms with Crippen LogP contribution in [0.3, 0.4) is 0 Å². The highest BCUT2D eigenvalue weighted by Crippen LogP contribution is 2.04. The molecular formula is C15H20N4O. The van der Waals surface area contributed by atoms with Gasteiger partial charge in [-0.15, -0.1) is 0 Å². The smallest absolute Gasteiger partial charge is 0.251 e. The van der Waals surface area contributed by atoms with Gasteiger partial charge in [-0.25, -0.2) is 4.98 Å². The summed E-state index contributed by atoms with van der Waals surface area (Å²) < 4.78 is 2.03. The van der Waals surface area contributed by atoms with Gasteiger partial charge in [0.15, 0.2) is 0 Å². The molecule has 3 N–H and O–H groups in total. The minimum atomic E-state index is -0.0390. The minimum Gasteiger partial charge on any atom is -0.352 e. The van der Waals surface area contributed by atoms with Gasteiger partial charge >= 0.3 is 0 Å². The Morgan fingerprint density at radius 2 is 2.25 bits per heavy atom. The van der Waals surface area contributed by atoms with Gasteiger partial charge in [0.05, 0.1) is 6.33 Å². The highest BCUT2D eigenvalue weighted by molar-refractivity contribution is 5.94. The van der Waals surface area contributed by atoms with E-state index in [1.54, 1.807) is 18.6 Å². The quantitative estimate of drug-likeness (QED) is 0.751. The lowest BCUT2D eigenvalue weighted by molar-refractivity contribution is 0.0953. The first-order valence-corrected chi connectivity index (χ1v) is 6.82. The number of carbonyl (C=O) groups excluding carboxylic acids is 1. The molecule has 0 aliphatic rings. The van der Waals surface area contributed by atoms with Crippen molar-refractivity contribution in [2.75, 3.05) is 6.54 Å². The molecule has 0 aliphatic carbocycles. The number of unbranched alkanes of at least 4 members (excludes halogenated alkanes) is 1. The molecule has 0 bridgehead atoms. The van der Waals surface area contributed by atoms with Crippen LogP contribution in [0.4, 0.5) is 0 Å². The van der Waals surface area contributed by atoms with Crippen LogP contribution in [0.15, 0.2) is 43.0 Å². The molecule has 0 aliphatic heterocycles. The van der Waals surface area contributed by atoms with Gasteiger partial charge in [0.1, 0.15) is 0 Å². The minimum absolute atomic E-state index is 0.0390. The van der Waals surface area contributed by atoms with E-state index in [1.165, 1.54) is 0 Å². The van der Waals surface area contributed by atoms with E-state index in [9.17, 15) is 4.79 Å². The van der Waals surface area contributed by atoms with Crippen molar-refractivity contribution in [2.24, 2.45) is 5.73 Å². The zero-order valence-corrected chi connectivity index (χ0v) is 11.5. The van der Waals surface area contributed by atoms with E-state index in [0.717, 1.165) is 24.9 Å². The fourth-order valence-electron chi connectivity index (χ4n) is 1.98. The fraction of sp³-hybridized carbons (Fsp3) is 0.333. The molecule has 0 saturated heterocycles. The lowest BCUT2D eigenvalue weighted by Gasteiger charge is -2.06. The predicted molar refractivity (Wildman–Crippen MR) is 78.1 cm³/mol. The summed E-state index contributed by atoms with van der Waals surface area (Å²) in [6.45, 7) is 2.06. The molecule has 5 heteroatoms. The molecular weight excluding hydrogens is 252 g/mol. The van der Waals surface area contributed by atoms with Gasteiger partial charge in [0, 0.05) is 37.6 Å². The Kier molecular flexibility index (Phi) is 5.32. The van der Waals surface area contributed by atoms with Crippen molar-refractivity contribution < 1.29 is 4.79 Å². The molecule has 2 rings (SSSR count). The molecule has 0 atom stereocenters. The van der Waals surface area contributed by atoms with Crippen molar-refractivity contribution in [3.63, 3.8) is 0 Å². The van der Waals surface area contributed by atoms with E-state index in [4.69, 9.17) is 5.73 Å². The second-order valence-corrected chi connectivity index (χ2v) is 4.67. The first-order valence-electron chi connectivity index (χ1n) is 6.82. The lowest BCUT2D eigenvalue weighted by atomic mass is 10.1. The maximum atomic E-state index is 11.9. The standard InChI is InChI=1S/C15H20N4O/c16-11-13-4-3-5-14(10-13)15(20)18-6-1-2-8-19-9-7-17-12-19/h3-5,7,9-10,12H,1-2,6,8,11,16H2,(H,18,20). The summed E-state index contributed by atoms with van der Waals surface area (Å²) >= 11 is 0. The average molecular weight is 272 g/mol. The fourth-order valence-corrected chi connectivity index (χ4v) is 1.98. The Morgan fingerprint density at radius 1 is 1.35 bits per heavy atom. The molecule has 0 saturated carbocycles. The van der Waals surface area contributed by atoms with E-state index >= 15 is 0 Å². The average Bonchev–Trinajstić information content (AvgIpc) is 3.00. The van der Waals surface area contributed by atoms with Gasteiger partial charge < -0.3 is 15.6 Å². The molecule has 1 heterocycles. The van der Waals surface area contributed by atoms with Gasteiger partial charge in [-0.3, -0.25) is 4.79 Å². The van der Waals surface area contributed by atoms with Gasteiger partial charge in [-0.05, 0) is 30.5 Å². The number of nitrogens with zero attached hydrogens (tertiary/aromatic N) is 2. The van der Waals surface area contributed by atoms with Crippen molar-refractivity contribution >= 4 is 5.91 Å². The van der Waals surface area contributed by atoms with Gasteiger partial charge in [0.2, 0.25) is 0 Å². The Morgan fingerprint density at radius 3 is 3.00 bits per heavy atom. The molecule has 2 aromatic rings. The Hall–Kier alpha value is -2.14. The number of carbonyl (C=O) groups is 1. The summed E-state index contributed by atoms with van der Waals surface area (Å²) in [6, 6.07) is 7.42. The molecule has 1 aromatic carbocycles. The molecule has 0 radical (unpaired) electrons. The summed E-state index contributed by atoms with van der Waals surface area (Å²) in [4.78, 5) is 15.9. The summed E-state index contributed by atoms with van der Waals surface area (Å²) in [5, 5.41) is 2.93. The number of hydrogen-bond acceptors (Lipinski definition) is 3. The molecule has 5 nitrogen and oxygen atoms in total. The third-order valence-electron chi connectivity index (χ3n) is 3.11. The zero-order chi connectivity index (χ0) is 14.2. The van der Waals surface area contributed by atoms with Crippen molar-refractivity contribution in [2.45, 2.75) is 25.9 Å². The monoisotopic (exact) mass is 272 g/mol. The Labute approximate surface area is 118 Å². The molecule has 1 amide bonds. The SMILES string of the molecule is NCc1cccc(C(=O)NCCCCn2ccnc2)c1.